The predicted molar refractivity (Wildman–Crippen MR) is 85.8 cm³/mol. The van der Waals surface area contributed by atoms with Gasteiger partial charge in [-0.2, -0.15) is 0 Å². The Hall–Kier alpha value is -2.61. The third-order valence-corrected chi connectivity index (χ3v) is 3.84. The Morgan fingerprint density at radius 2 is 1.52 bits per heavy atom. The first kappa shape index (κ1) is 13.4. The van der Waals surface area contributed by atoms with Gasteiger partial charge in [-0.1, -0.05) is 54.1 Å². The van der Waals surface area contributed by atoms with E-state index in [-0.39, 0.29) is 0 Å². The molecule has 0 aliphatic carbocycles. The van der Waals surface area contributed by atoms with Crippen LogP contribution in [-0.4, -0.2) is 11.1 Å². The summed E-state index contributed by atoms with van der Waals surface area (Å²) in [5.41, 5.74) is 4.23. The molecule has 0 amide bonds. The van der Waals surface area contributed by atoms with Gasteiger partial charge in [0.05, 0.1) is 5.56 Å². The molecule has 0 aromatic heterocycles. The molecule has 0 bridgehead atoms. The standard InChI is InChI=1S/C19H16O2/c1-12-7-9-17(18(11-12)19(20)21)16-10-8-13(2)14-5-3-4-6-15(14)16/h3-11H,1-2H3,(H,20,21). The highest BCUT2D eigenvalue weighted by molar-refractivity contribution is 6.04. The van der Waals surface area contributed by atoms with E-state index in [4.69, 9.17) is 0 Å². The van der Waals surface area contributed by atoms with Crippen LogP contribution in [0.1, 0.15) is 21.5 Å². The van der Waals surface area contributed by atoms with E-state index in [2.05, 4.69) is 13.0 Å². The third kappa shape index (κ3) is 2.29. The monoisotopic (exact) mass is 276 g/mol. The number of carboxylic acids is 1. The van der Waals surface area contributed by atoms with Gasteiger partial charge >= 0.3 is 5.97 Å². The van der Waals surface area contributed by atoms with Gasteiger partial charge in [0.15, 0.2) is 0 Å². The summed E-state index contributed by atoms with van der Waals surface area (Å²) in [5.74, 6) is -0.890. The number of aryl methyl sites for hydroxylation is 2. The third-order valence-electron chi connectivity index (χ3n) is 3.84. The average Bonchev–Trinajstić information content (AvgIpc) is 2.48. The molecule has 21 heavy (non-hydrogen) atoms. The van der Waals surface area contributed by atoms with Crippen LogP contribution < -0.4 is 0 Å². The van der Waals surface area contributed by atoms with Crippen molar-refractivity contribution in [2.24, 2.45) is 0 Å². The molecule has 0 saturated heterocycles. The number of benzene rings is 3. The second-order valence-corrected chi connectivity index (χ2v) is 5.33. The molecule has 0 radical (unpaired) electrons. The topological polar surface area (TPSA) is 37.3 Å². The van der Waals surface area contributed by atoms with Crippen LogP contribution in [0.25, 0.3) is 21.9 Å². The lowest BCUT2D eigenvalue weighted by atomic mass is 9.92. The van der Waals surface area contributed by atoms with Crippen LogP contribution in [0.4, 0.5) is 0 Å². The van der Waals surface area contributed by atoms with Gasteiger partial charge in [-0.15, -0.1) is 0 Å². The van der Waals surface area contributed by atoms with Gasteiger partial charge in [-0.25, -0.2) is 4.79 Å². The lowest BCUT2D eigenvalue weighted by Crippen LogP contribution is -2.00. The van der Waals surface area contributed by atoms with Crippen LogP contribution >= 0.6 is 0 Å². The number of hydrogen-bond donors (Lipinski definition) is 1. The molecule has 0 atom stereocenters. The van der Waals surface area contributed by atoms with Crippen LogP contribution in [0.5, 0.6) is 0 Å². The zero-order chi connectivity index (χ0) is 15.0. The van der Waals surface area contributed by atoms with Crippen molar-refractivity contribution in [3.8, 4) is 11.1 Å². The lowest BCUT2D eigenvalue weighted by molar-refractivity contribution is 0.0697. The molecular formula is C19H16O2. The fourth-order valence-corrected chi connectivity index (χ4v) is 2.75. The molecule has 0 aliphatic rings. The van der Waals surface area contributed by atoms with Crippen molar-refractivity contribution in [3.05, 3.63) is 71.3 Å². The Bertz CT molecular complexity index is 847. The molecule has 3 rings (SSSR count). The minimum Gasteiger partial charge on any atom is -0.478 e. The molecule has 0 heterocycles. The summed E-state index contributed by atoms with van der Waals surface area (Å²) in [6, 6.07) is 17.7. The van der Waals surface area contributed by atoms with Gasteiger partial charge in [0.2, 0.25) is 0 Å². The Kier molecular flexibility index (Phi) is 3.22. The van der Waals surface area contributed by atoms with Crippen molar-refractivity contribution in [2.75, 3.05) is 0 Å². The van der Waals surface area contributed by atoms with Crippen LogP contribution in [0.15, 0.2) is 54.6 Å². The fourth-order valence-electron chi connectivity index (χ4n) is 2.75. The van der Waals surface area contributed by atoms with Gasteiger partial charge < -0.3 is 5.11 Å². The van der Waals surface area contributed by atoms with Gasteiger partial charge in [0, 0.05) is 0 Å². The van der Waals surface area contributed by atoms with Crippen molar-refractivity contribution in [1.82, 2.24) is 0 Å². The molecule has 1 N–H and O–H groups in total. The Morgan fingerprint density at radius 3 is 2.24 bits per heavy atom. The highest BCUT2D eigenvalue weighted by Gasteiger charge is 2.14. The maximum atomic E-state index is 11.6. The number of aromatic carboxylic acids is 1. The smallest absolute Gasteiger partial charge is 0.336 e. The van der Waals surface area contributed by atoms with Crippen LogP contribution in [0.2, 0.25) is 0 Å². The number of carboxylic acid groups (broad SMARTS) is 1. The Morgan fingerprint density at radius 1 is 0.857 bits per heavy atom. The molecule has 0 fully saturated rings. The molecule has 3 aromatic carbocycles. The van der Waals surface area contributed by atoms with E-state index < -0.39 is 5.97 Å². The highest BCUT2D eigenvalue weighted by atomic mass is 16.4. The first-order valence-electron chi connectivity index (χ1n) is 6.90. The number of carbonyl (C=O) groups is 1. The van der Waals surface area contributed by atoms with Crippen molar-refractivity contribution < 1.29 is 9.90 Å². The van der Waals surface area contributed by atoms with Gasteiger partial charge in [-0.3, -0.25) is 0 Å². The van der Waals surface area contributed by atoms with E-state index in [0.29, 0.717) is 5.56 Å². The molecule has 104 valence electrons. The van der Waals surface area contributed by atoms with E-state index in [1.807, 2.05) is 49.4 Å². The van der Waals surface area contributed by atoms with Crippen LogP contribution in [-0.2, 0) is 0 Å². The highest BCUT2D eigenvalue weighted by Crippen LogP contribution is 2.33. The molecule has 0 unspecified atom stereocenters. The van der Waals surface area contributed by atoms with E-state index in [1.54, 1.807) is 6.07 Å². The Labute approximate surface area is 123 Å². The van der Waals surface area contributed by atoms with E-state index in [9.17, 15) is 9.90 Å². The first-order valence-corrected chi connectivity index (χ1v) is 6.90. The van der Waals surface area contributed by atoms with E-state index in [1.165, 1.54) is 5.56 Å². The second kappa shape index (κ2) is 5.06. The molecule has 3 aromatic rings. The van der Waals surface area contributed by atoms with Crippen molar-refractivity contribution in [1.29, 1.82) is 0 Å². The summed E-state index contributed by atoms with van der Waals surface area (Å²) in [6.45, 7) is 3.98. The first-order chi connectivity index (χ1) is 10.1. The predicted octanol–water partition coefficient (Wildman–Crippen LogP) is 4.82. The minimum absolute atomic E-state index is 0.351. The number of fused-ring (bicyclic) bond motifs is 1. The number of rotatable bonds is 2. The van der Waals surface area contributed by atoms with Gasteiger partial charge in [0.1, 0.15) is 0 Å². The quantitative estimate of drug-likeness (QED) is 0.728. The summed E-state index contributed by atoms with van der Waals surface area (Å²) >= 11 is 0. The SMILES string of the molecule is Cc1ccc(-c2ccc(C)c3ccccc23)c(C(=O)O)c1. The summed E-state index contributed by atoms with van der Waals surface area (Å²) in [7, 11) is 0. The average molecular weight is 276 g/mol. The van der Waals surface area contributed by atoms with Crippen LogP contribution in [0.3, 0.4) is 0 Å². The fraction of sp³-hybridized carbons (Fsp3) is 0.105. The van der Waals surface area contributed by atoms with Crippen molar-refractivity contribution in [2.45, 2.75) is 13.8 Å². The normalized spacial score (nSPS) is 10.8. The maximum Gasteiger partial charge on any atom is 0.336 e. The molecule has 0 spiro atoms. The second-order valence-electron chi connectivity index (χ2n) is 5.33. The summed E-state index contributed by atoms with van der Waals surface area (Å²) < 4.78 is 0. The van der Waals surface area contributed by atoms with Gasteiger partial charge in [-0.05, 0) is 47.4 Å². The largest absolute Gasteiger partial charge is 0.478 e. The lowest BCUT2D eigenvalue weighted by Gasteiger charge is -2.12. The van der Waals surface area contributed by atoms with Gasteiger partial charge in [0.25, 0.3) is 0 Å². The molecule has 0 aliphatic heterocycles. The molecule has 2 heteroatoms. The van der Waals surface area contributed by atoms with Crippen molar-refractivity contribution >= 4 is 16.7 Å². The molecule has 2 nitrogen and oxygen atoms in total. The summed E-state index contributed by atoms with van der Waals surface area (Å²) in [6.07, 6.45) is 0. The maximum absolute atomic E-state index is 11.6. The zero-order valence-electron chi connectivity index (χ0n) is 12.1. The number of hydrogen-bond acceptors (Lipinski definition) is 1. The molecule has 0 saturated carbocycles. The van der Waals surface area contributed by atoms with Crippen molar-refractivity contribution in [3.63, 3.8) is 0 Å². The zero-order valence-corrected chi connectivity index (χ0v) is 12.1. The Balaban J connectivity index is 2.36. The summed E-state index contributed by atoms with van der Waals surface area (Å²) in [4.78, 5) is 11.6. The molecular weight excluding hydrogens is 260 g/mol. The van der Waals surface area contributed by atoms with E-state index in [0.717, 1.165) is 27.5 Å². The minimum atomic E-state index is -0.890. The van der Waals surface area contributed by atoms with Crippen LogP contribution in [0, 0.1) is 13.8 Å². The summed E-state index contributed by atoms with van der Waals surface area (Å²) in [5, 5.41) is 11.7. The van der Waals surface area contributed by atoms with E-state index >= 15 is 0 Å².